The van der Waals surface area contributed by atoms with Gasteiger partial charge < -0.3 is 4.74 Å². The van der Waals surface area contributed by atoms with Crippen LogP contribution in [0.15, 0.2) is 35.3 Å². The van der Waals surface area contributed by atoms with Crippen molar-refractivity contribution in [1.82, 2.24) is 4.57 Å². The fraction of sp³-hybridized carbons (Fsp3) is 0.267. The first-order valence-electron chi connectivity index (χ1n) is 6.15. The number of methoxy groups -OCH3 is 1. The van der Waals surface area contributed by atoms with Gasteiger partial charge in [-0.1, -0.05) is 0 Å². The van der Waals surface area contributed by atoms with E-state index in [1.54, 1.807) is 31.4 Å². The maximum absolute atomic E-state index is 12.4. The molecule has 0 atom stereocenters. The topological polar surface area (TPSA) is 65.4 Å². The van der Waals surface area contributed by atoms with E-state index < -0.39 is 6.04 Å². The molecule has 2 aromatic rings. The summed E-state index contributed by atoms with van der Waals surface area (Å²) in [5.74, 6) is -0.0655. The Hall–Kier alpha value is -2.43. The average molecular weight is 273 g/mol. The predicted molar refractivity (Wildman–Crippen MR) is 75.2 cm³/mol. The smallest absolute Gasteiger partial charge is 0.259 e. The molecule has 1 heterocycles. The molecule has 0 aliphatic rings. The number of hydrogen-bond acceptors (Lipinski definition) is 4. The molecule has 0 aliphatic heterocycles. The van der Waals surface area contributed by atoms with Gasteiger partial charge in [0.25, 0.3) is 5.56 Å². The monoisotopic (exact) mass is 273 g/mol. The SMILES string of the molecule is COc1ccc2c(=O)n(C(C(C)=O)C(C)=O)ccc2c1. The number of aromatic nitrogens is 1. The Morgan fingerprint density at radius 1 is 1.15 bits per heavy atom. The molecule has 0 amide bonds. The molecule has 2 rings (SSSR count). The van der Waals surface area contributed by atoms with Crippen LogP contribution in [-0.4, -0.2) is 23.2 Å². The number of hydrogen-bond donors (Lipinski definition) is 0. The van der Waals surface area contributed by atoms with Crippen molar-refractivity contribution in [3.63, 3.8) is 0 Å². The third-order valence-electron chi connectivity index (χ3n) is 3.19. The molecule has 0 unspecified atom stereocenters. The lowest BCUT2D eigenvalue weighted by molar-refractivity contribution is -0.129. The standard InChI is InChI=1S/C15H15NO4/c1-9(17)14(10(2)18)16-7-6-11-8-12(20-3)4-5-13(11)15(16)19/h4-8,14H,1-3H3. The Bertz CT molecular complexity index is 731. The number of pyridine rings is 1. The quantitative estimate of drug-likeness (QED) is 0.796. The van der Waals surface area contributed by atoms with Gasteiger partial charge in [-0.05, 0) is 43.5 Å². The summed E-state index contributed by atoms with van der Waals surface area (Å²) < 4.78 is 6.28. The Morgan fingerprint density at radius 2 is 1.80 bits per heavy atom. The third-order valence-corrected chi connectivity index (χ3v) is 3.19. The van der Waals surface area contributed by atoms with E-state index in [1.165, 1.54) is 24.6 Å². The van der Waals surface area contributed by atoms with Crippen LogP contribution in [0.3, 0.4) is 0 Å². The van der Waals surface area contributed by atoms with E-state index >= 15 is 0 Å². The second-order valence-corrected chi connectivity index (χ2v) is 4.61. The fourth-order valence-electron chi connectivity index (χ4n) is 2.25. The van der Waals surface area contributed by atoms with Gasteiger partial charge in [-0.25, -0.2) is 0 Å². The van der Waals surface area contributed by atoms with Gasteiger partial charge in [0, 0.05) is 11.6 Å². The molecule has 0 spiro atoms. The number of nitrogens with zero attached hydrogens (tertiary/aromatic N) is 1. The third kappa shape index (κ3) is 2.34. The molecule has 0 bridgehead atoms. The van der Waals surface area contributed by atoms with Crippen LogP contribution in [0.25, 0.3) is 10.8 Å². The molecule has 0 N–H and O–H groups in total. The maximum Gasteiger partial charge on any atom is 0.259 e. The average Bonchev–Trinajstić information content (AvgIpc) is 2.40. The molecule has 0 aliphatic carbocycles. The highest BCUT2D eigenvalue weighted by atomic mass is 16.5. The molecule has 0 saturated carbocycles. The van der Waals surface area contributed by atoms with Crippen molar-refractivity contribution in [1.29, 1.82) is 0 Å². The summed E-state index contributed by atoms with van der Waals surface area (Å²) in [7, 11) is 1.55. The summed E-state index contributed by atoms with van der Waals surface area (Å²) in [4.78, 5) is 35.5. The van der Waals surface area contributed by atoms with Crippen molar-refractivity contribution in [3.8, 4) is 5.75 Å². The molecule has 0 radical (unpaired) electrons. The Morgan fingerprint density at radius 3 is 2.35 bits per heavy atom. The molecular weight excluding hydrogens is 258 g/mol. The zero-order valence-corrected chi connectivity index (χ0v) is 11.5. The largest absolute Gasteiger partial charge is 0.497 e. The molecule has 0 fully saturated rings. The van der Waals surface area contributed by atoms with Crippen LogP contribution in [0, 0.1) is 0 Å². The summed E-state index contributed by atoms with van der Waals surface area (Å²) in [6.45, 7) is 2.60. The lowest BCUT2D eigenvalue weighted by Crippen LogP contribution is -2.32. The number of rotatable bonds is 4. The number of carbonyl (C=O) groups is 2. The first-order valence-corrected chi connectivity index (χ1v) is 6.15. The van der Waals surface area contributed by atoms with Crippen molar-refractivity contribution >= 4 is 22.3 Å². The van der Waals surface area contributed by atoms with E-state index in [0.717, 1.165) is 0 Å². The number of ketones is 2. The molecule has 0 saturated heterocycles. The Kier molecular flexibility index (Phi) is 3.70. The van der Waals surface area contributed by atoms with E-state index in [-0.39, 0.29) is 17.1 Å². The normalized spacial score (nSPS) is 10.8. The van der Waals surface area contributed by atoms with Gasteiger partial charge in [-0.2, -0.15) is 0 Å². The van der Waals surface area contributed by atoms with Gasteiger partial charge in [0.05, 0.1) is 7.11 Å². The second-order valence-electron chi connectivity index (χ2n) is 4.61. The zero-order chi connectivity index (χ0) is 14.9. The van der Waals surface area contributed by atoms with Gasteiger partial charge in [0.15, 0.2) is 17.6 Å². The first-order chi connectivity index (χ1) is 9.45. The molecule has 20 heavy (non-hydrogen) atoms. The Balaban J connectivity index is 2.68. The van der Waals surface area contributed by atoms with E-state index in [0.29, 0.717) is 16.5 Å². The van der Waals surface area contributed by atoms with Gasteiger partial charge in [-0.15, -0.1) is 0 Å². The first kappa shape index (κ1) is 14.0. The van der Waals surface area contributed by atoms with Crippen LogP contribution >= 0.6 is 0 Å². The number of benzene rings is 1. The highest BCUT2D eigenvalue weighted by Gasteiger charge is 2.22. The molecular formula is C15H15NO4. The van der Waals surface area contributed by atoms with E-state index in [2.05, 4.69) is 0 Å². The van der Waals surface area contributed by atoms with Crippen LogP contribution in [-0.2, 0) is 9.59 Å². The summed E-state index contributed by atoms with van der Waals surface area (Å²) in [6.07, 6.45) is 1.47. The lowest BCUT2D eigenvalue weighted by Gasteiger charge is -2.14. The number of fused-ring (bicyclic) bond motifs is 1. The molecule has 5 heteroatoms. The van der Waals surface area contributed by atoms with Crippen LogP contribution < -0.4 is 10.3 Å². The zero-order valence-electron chi connectivity index (χ0n) is 11.5. The molecule has 1 aromatic carbocycles. The van der Waals surface area contributed by atoms with Crippen LogP contribution in [0.4, 0.5) is 0 Å². The number of carbonyl (C=O) groups excluding carboxylic acids is 2. The van der Waals surface area contributed by atoms with E-state index in [9.17, 15) is 14.4 Å². The minimum atomic E-state index is -1.06. The highest BCUT2D eigenvalue weighted by Crippen LogP contribution is 2.19. The van der Waals surface area contributed by atoms with Crippen molar-refractivity contribution in [3.05, 3.63) is 40.8 Å². The lowest BCUT2D eigenvalue weighted by atomic mass is 10.1. The van der Waals surface area contributed by atoms with Gasteiger partial charge >= 0.3 is 0 Å². The second kappa shape index (κ2) is 5.28. The maximum atomic E-state index is 12.4. The summed E-state index contributed by atoms with van der Waals surface area (Å²) in [5, 5.41) is 1.15. The van der Waals surface area contributed by atoms with Crippen LogP contribution in [0.2, 0.25) is 0 Å². The van der Waals surface area contributed by atoms with E-state index in [4.69, 9.17) is 4.74 Å². The number of ether oxygens (including phenoxy) is 1. The van der Waals surface area contributed by atoms with Gasteiger partial charge in [0.2, 0.25) is 0 Å². The van der Waals surface area contributed by atoms with Crippen LogP contribution in [0.5, 0.6) is 5.75 Å². The summed E-state index contributed by atoms with van der Waals surface area (Å²) in [5.41, 5.74) is -0.361. The number of Topliss-reactive ketones (excluding diaryl/α,β-unsaturated/α-hetero) is 2. The van der Waals surface area contributed by atoms with Gasteiger partial charge in [0.1, 0.15) is 5.75 Å². The van der Waals surface area contributed by atoms with Crippen molar-refractivity contribution < 1.29 is 14.3 Å². The van der Waals surface area contributed by atoms with Crippen molar-refractivity contribution in [2.75, 3.05) is 7.11 Å². The van der Waals surface area contributed by atoms with Crippen LogP contribution in [0.1, 0.15) is 19.9 Å². The molecule has 104 valence electrons. The van der Waals surface area contributed by atoms with Gasteiger partial charge in [-0.3, -0.25) is 19.0 Å². The minimum Gasteiger partial charge on any atom is -0.497 e. The summed E-state index contributed by atoms with van der Waals surface area (Å²) in [6, 6.07) is 5.67. The molecule has 5 nitrogen and oxygen atoms in total. The van der Waals surface area contributed by atoms with E-state index in [1.807, 2.05) is 0 Å². The summed E-state index contributed by atoms with van der Waals surface area (Å²) >= 11 is 0. The predicted octanol–water partition coefficient (Wildman–Crippen LogP) is 1.73. The minimum absolute atomic E-state index is 0.354. The van der Waals surface area contributed by atoms with Crippen molar-refractivity contribution in [2.45, 2.75) is 19.9 Å². The van der Waals surface area contributed by atoms with Crippen molar-refractivity contribution in [2.24, 2.45) is 0 Å². The fourth-order valence-corrected chi connectivity index (χ4v) is 2.25. The highest BCUT2D eigenvalue weighted by molar-refractivity contribution is 6.02. The molecule has 1 aromatic heterocycles. The Labute approximate surface area is 115 Å².